The number of carboxylic acid groups (broad SMARTS) is 1. The molecular formula is C10H18N2O3. The summed E-state index contributed by atoms with van der Waals surface area (Å²) >= 11 is 0. The number of carbonyl (C=O) groups excluding carboxylic acids is 1. The van der Waals surface area contributed by atoms with Gasteiger partial charge in [-0.2, -0.15) is 0 Å². The van der Waals surface area contributed by atoms with E-state index in [0.717, 1.165) is 26.1 Å². The minimum atomic E-state index is -0.955. The number of carboxylic acids is 1. The average molecular weight is 214 g/mol. The van der Waals surface area contributed by atoms with Crippen LogP contribution in [0, 0.1) is 0 Å². The molecule has 1 fully saturated rings. The van der Waals surface area contributed by atoms with Crippen LogP contribution in [0.15, 0.2) is 0 Å². The van der Waals surface area contributed by atoms with Crippen LogP contribution in [0.4, 0.5) is 0 Å². The second-order valence-corrected chi connectivity index (χ2v) is 3.87. The molecule has 0 saturated carbocycles. The molecule has 1 aliphatic heterocycles. The number of aliphatic carboxylic acids is 1. The van der Waals surface area contributed by atoms with E-state index in [1.54, 1.807) is 0 Å². The van der Waals surface area contributed by atoms with Crippen molar-refractivity contribution in [1.82, 2.24) is 10.2 Å². The van der Waals surface area contributed by atoms with Crippen molar-refractivity contribution >= 4 is 12.4 Å². The molecule has 0 aromatic carbocycles. The van der Waals surface area contributed by atoms with E-state index in [2.05, 4.69) is 10.2 Å². The minimum Gasteiger partial charge on any atom is -0.480 e. The van der Waals surface area contributed by atoms with Crippen molar-refractivity contribution in [2.75, 3.05) is 19.6 Å². The lowest BCUT2D eigenvalue weighted by atomic mass is 10.1. The summed E-state index contributed by atoms with van der Waals surface area (Å²) in [5.74, 6) is -0.955. The molecule has 0 bridgehead atoms. The first-order valence-electron chi connectivity index (χ1n) is 5.39. The Labute approximate surface area is 89.4 Å². The van der Waals surface area contributed by atoms with Crippen molar-refractivity contribution in [3.8, 4) is 0 Å². The maximum absolute atomic E-state index is 10.7. The molecule has 2 N–H and O–H groups in total. The molecule has 1 amide bonds. The first-order valence-corrected chi connectivity index (χ1v) is 5.39. The second kappa shape index (κ2) is 6.40. The molecule has 0 radical (unpaired) electrons. The van der Waals surface area contributed by atoms with Crippen LogP contribution in [0.1, 0.15) is 25.7 Å². The van der Waals surface area contributed by atoms with Crippen molar-refractivity contribution < 1.29 is 14.7 Å². The fourth-order valence-electron chi connectivity index (χ4n) is 1.89. The first kappa shape index (κ1) is 12.0. The molecule has 0 aliphatic carbocycles. The number of amides is 1. The van der Waals surface area contributed by atoms with Gasteiger partial charge in [-0.1, -0.05) is 0 Å². The molecule has 1 rings (SSSR count). The number of rotatable bonds is 7. The number of hydrogen-bond acceptors (Lipinski definition) is 3. The van der Waals surface area contributed by atoms with Crippen molar-refractivity contribution in [2.45, 2.75) is 31.7 Å². The summed E-state index contributed by atoms with van der Waals surface area (Å²) in [4.78, 5) is 23.2. The Bertz CT molecular complexity index is 215. The smallest absolute Gasteiger partial charge is 0.326 e. The second-order valence-electron chi connectivity index (χ2n) is 3.87. The van der Waals surface area contributed by atoms with Gasteiger partial charge in [-0.25, -0.2) is 4.79 Å². The SMILES string of the molecule is O=CNC(CCCN1CCCC1)C(=O)O. The maximum atomic E-state index is 10.7. The van der Waals surface area contributed by atoms with Crippen LogP contribution in [0.2, 0.25) is 0 Å². The summed E-state index contributed by atoms with van der Waals surface area (Å²) in [7, 11) is 0. The normalized spacial score (nSPS) is 18.7. The number of carbonyl (C=O) groups is 2. The van der Waals surface area contributed by atoms with E-state index in [1.165, 1.54) is 12.8 Å². The van der Waals surface area contributed by atoms with Gasteiger partial charge in [0.2, 0.25) is 6.41 Å². The lowest BCUT2D eigenvalue weighted by Crippen LogP contribution is -2.36. The van der Waals surface area contributed by atoms with Gasteiger partial charge < -0.3 is 15.3 Å². The van der Waals surface area contributed by atoms with Crippen LogP contribution in [-0.2, 0) is 9.59 Å². The van der Waals surface area contributed by atoms with E-state index >= 15 is 0 Å². The van der Waals surface area contributed by atoms with Gasteiger partial charge in [-0.15, -0.1) is 0 Å². The van der Waals surface area contributed by atoms with Crippen molar-refractivity contribution in [3.63, 3.8) is 0 Å². The highest BCUT2D eigenvalue weighted by Gasteiger charge is 2.17. The van der Waals surface area contributed by atoms with Crippen molar-refractivity contribution in [3.05, 3.63) is 0 Å². The predicted molar refractivity (Wildman–Crippen MR) is 55.5 cm³/mol. The Morgan fingerprint density at radius 3 is 2.67 bits per heavy atom. The highest BCUT2D eigenvalue weighted by atomic mass is 16.4. The molecule has 1 unspecified atom stereocenters. The third-order valence-electron chi connectivity index (χ3n) is 2.73. The summed E-state index contributed by atoms with van der Waals surface area (Å²) in [5.41, 5.74) is 0. The fourth-order valence-corrected chi connectivity index (χ4v) is 1.89. The van der Waals surface area contributed by atoms with Gasteiger partial charge in [0, 0.05) is 0 Å². The van der Waals surface area contributed by atoms with Crippen LogP contribution in [0.5, 0.6) is 0 Å². The summed E-state index contributed by atoms with van der Waals surface area (Å²) in [5, 5.41) is 11.1. The highest BCUT2D eigenvalue weighted by molar-refractivity contribution is 5.76. The van der Waals surface area contributed by atoms with E-state index < -0.39 is 12.0 Å². The van der Waals surface area contributed by atoms with E-state index in [9.17, 15) is 9.59 Å². The summed E-state index contributed by atoms with van der Waals surface area (Å²) in [6.45, 7) is 3.18. The summed E-state index contributed by atoms with van der Waals surface area (Å²) in [6, 6.07) is -0.731. The lowest BCUT2D eigenvalue weighted by Gasteiger charge is -2.16. The molecule has 1 atom stereocenters. The van der Waals surface area contributed by atoms with Gasteiger partial charge >= 0.3 is 5.97 Å². The standard InChI is InChI=1S/C10H18N2O3/c13-8-11-9(10(14)15)4-3-7-12-5-1-2-6-12/h8-9H,1-7H2,(H,11,13)(H,14,15). The minimum absolute atomic E-state index is 0.453. The van der Waals surface area contributed by atoms with Gasteiger partial charge in [0.1, 0.15) is 6.04 Å². The number of likely N-dealkylation sites (tertiary alicyclic amines) is 1. The molecule has 0 spiro atoms. The first-order chi connectivity index (χ1) is 7.24. The largest absolute Gasteiger partial charge is 0.480 e. The quantitative estimate of drug-likeness (QED) is 0.588. The fraction of sp³-hybridized carbons (Fsp3) is 0.800. The predicted octanol–water partition coefficient (Wildman–Crippen LogP) is 0.0616. The van der Waals surface area contributed by atoms with Gasteiger partial charge in [0.25, 0.3) is 0 Å². The Morgan fingerprint density at radius 2 is 2.13 bits per heavy atom. The maximum Gasteiger partial charge on any atom is 0.326 e. The third-order valence-corrected chi connectivity index (χ3v) is 2.73. The molecule has 1 heterocycles. The molecule has 0 aromatic heterocycles. The monoisotopic (exact) mass is 214 g/mol. The van der Waals surface area contributed by atoms with Gasteiger partial charge in [-0.3, -0.25) is 4.79 Å². The van der Waals surface area contributed by atoms with Crippen molar-refractivity contribution in [2.24, 2.45) is 0 Å². The Kier molecular flexibility index (Phi) is 5.10. The van der Waals surface area contributed by atoms with Crippen LogP contribution >= 0.6 is 0 Å². The zero-order chi connectivity index (χ0) is 11.1. The zero-order valence-electron chi connectivity index (χ0n) is 8.82. The highest BCUT2D eigenvalue weighted by Crippen LogP contribution is 2.09. The van der Waals surface area contributed by atoms with Crippen LogP contribution in [0.25, 0.3) is 0 Å². The van der Waals surface area contributed by atoms with Gasteiger partial charge in [0.05, 0.1) is 0 Å². The topological polar surface area (TPSA) is 69.6 Å². The Hall–Kier alpha value is -1.10. The van der Waals surface area contributed by atoms with Crippen molar-refractivity contribution in [1.29, 1.82) is 0 Å². The van der Waals surface area contributed by atoms with Gasteiger partial charge in [-0.05, 0) is 45.3 Å². The third kappa shape index (κ3) is 4.29. The van der Waals surface area contributed by atoms with Crippen LogP contribution < -0.4 is 5.32 Å². The average Bonchev–Trinajstić information content (AvgIpc) is 2.69. The molecule has 1 aliphatic rings. The van der Waals surface area contributed by atoms with E-state index in [4.69, 9.17) is 5.11 Å². The molecule has 0 aromatic rings. The molecule has 86 valence electrons. The molecule has 1 saturated heterocycles. The molecule has 5 heteroatoms. The number of nitrogens with zero attached hydrogens (tertiary/aromatic N) is 1. The van der Waals surface area contributed by atoms with E-state index in [1.807, 2.05) is 0 Å². The van der Waals surface area contributed by atoms with E-state index in [-0.39, 0.29) is 0 Å². The molecule has 5 nitrogen and oxygen atoms in total. The van der Waals surface area contributed by atoms with Gasteiger partial charge in [0.15, 0.2) is 0 Å². The summed E-state index contributed by atoms with van der Waals surface area (Å²) < 4.78 is 0. The summed E-state index contributed by atoms with van der Waals surface area (Å²) in [6.07, 6.45) is 4.26. The zero-order valence-corrected chi connectivity index (χ0v) is 8.82. The van der Waals surface area contributed by atoms with Crippen LogP contribution in [0.3, 0.4) is 0 Å². The number of nitrogens with one attached hydrogen (secondary N) is 1. The number of hydrogen-bond donors (Lipinski definition) is 2. The van der Waals surface area contributed by atoms with Crippen LogP contribution in [-0.4, -0.2) is 48.1 Å². The lowest BCUT2D eigenvalue weighted by molar-refractivity contribution is -0.140. The molecule has 15 heavy (non-hydrogen) atoms. The Morgan fingerprint density at radius 1 is 1.47 bits per heavy atom. The molecular weight excluding hydrogens is 196 g/mol. The van der Waals surface area contributed by atoms with E-state index in [0.29, 0.717) is 12.8 Å². The Balaban J connectivity index is 2.15.